The molecule has 1 aromatic heterocycles. The van der Waals surface area contributed by atoms with Crippen molar-refractivity contribution in [3.63, 3.8) is 0 Å². The molecular weight excluding hydrogens is 282 g/mol. The Bertz CT molecular complexity index is 622. The van der Waals surface area contributed by atoms with Crippen molar-refractivity contribution in [2.24, 2.45) is 0 Å². The number of carbonyl (C=O) groups is 1. The van der Waals surface area contributed by atoms with Crippen molar-refractivity contribution < 1.29 is 9.53 Å². The number of rotatable bonds is 4. The number of nitrogens with one attached hydrogen (secondary N) is 1. The molecule has 0 saturated heterocycles. The molecule has 21 heavy (non-hydrogen) atoms. The van der Waals surface area contributed by atoms with Gasteiger partial charge in [-0.05, 0) is 54.0 Å². The van der Waals surface area contributed by atoms with Crippen molar-refractivity contribution in [1.82, 2.24) is 5.32 Å². The molecule has 0 radical (unpaired) electrons. The highest BCUT2D eigenvalue weighted by molar-refractivity contribution is 7.10. The summed E-state index contributed by atoms with van der Waals surface area (Å²) >= 11 is 1.63. The van der Waals surface area contributed by atoms with Crippen molar-refractivity contribution in [1.29, 1.82) is 0 Å². The molecule has 1 aliphatic carbocycles. The first kappa shape index (κ1) is 14.1. The topological polar surface area (TPSA) is 38.3 Å². The first-order valence-electron chi connectivity index (χ1n) is 7.25. The predicted octanol–water partition coefficient (Wildman–Crippen LogP) is 3.49. The number of hydrogen-bond acceptors (Lipinski definition) is 3. The predicted molar refractivity (Wildman–Crippen MR) is 84.8 cm³/mol. The van der Waals surface area contributed by atoms with Crippen LogP contribution in [0.4, 0.5) is 0 Å². The Morgan fingerprint density at radius 2 is 2.33 bits per heavy atom. The number of ether oxygens (including phenoxy) is 1. The highest BCUT2D eigenvalue weighted by Crippen LogP contribution is 2.32. The standard InChI is InChI=1S/C17H19NO2S/c1-20-13-7-8-15-12(10-13)4-2-6-16(15)18-17(19)11-14-5-3-9-21-14/h3,5,7-10,16H,2,4,6,11H2,1H3,(H,18,19)/t16-/m1/s1. The van der Waals surface area contributed by atoms with Crippen LogP contribution in [0.2, 0.25) is 0 Å². The molecule has 0 aliphatic heterocycles. The number of fused-ring (bicyclic) bond motifs is 1. The second-order valence-corrected chi connectivity index (χ2v) is 6.37. The maximum absolute atomic E-state index is 12.2. The highest BCUT2D eigenvalue weighted by Gasteiger charge is 2.22. The summed E-state index contributed by atoms with van der Waals surface area (Å²) in [5.74, 6) is 0.991. The Balaban J connectivity index is 1.71. The second-order valence-electron chi connectivity index (χ2n) is 5.33. The summed E-state index contributed by atoms with van der Waals surface area (Å²) in [6, 6.07) is 10.3. The average Bonchev–Trinajstić information content (AvgIpc) is 2.99. The molecule has 0 saturated carbocycles. The van der Waals surface area contributed by atoms with Crippen molar-refractivity contribution in [2.45, 2.75) is 31.7 Å². The van der Waals surface area contributed by atoms with Gasteiger partial charge in [0.2, 0.25) is 5.91 Å². The van der Waals surface area contributed by atoms with Gasteiger partial charge in [0.1, 0.15) is 5.75 Å². The van der Waals surface area contributed by atoms with E-state index in [0.717, 1.165) is 29.9 Å². The SMILES string of the molecule is COc1ccc2c(c1)CCC[C@H]2NC(=O)Cc1cccs1. The van der Waals surface area contributed by atoms with Crippen LogP contribution >= 0.6 is 11.3 Å². The van der Waals surface area contributed by atoms with Crippen LogP contribution in [0.25, 0.3) is 0 Å². The van der Waals surface area contributed by atoms with Gasteiger partial charge in [-0.1, -0.05) is 12.1 Å². The van der Waals surface area contributed by atoms with Gasteiger partial charge in [0, 0.05) is 4.88 Å². The van der Waals surface area contributed by atoms with E-state index >= 15 is 0 Å². The zero-order chi connectivity index (χ0) is 14.7. The number of benzene rings is 1. The smallest absolute Gasteiger partial charge is 0.225 e. The Hall–Kier alpha value is -1.81. The maximum Gasteiger partial charge on any atom is 0.225 e. The molecule has 3 rings (SSSR count). The Labute approximate surface area is 129 Å². The number of methoxy groups -OCH3 is 1. The quantitative estimate of drug-likeness (QED) is 0.938. The monoisotopic (exact) mass is 301 g/mol. The molecule has 3 nitrogen and oxygen atoms in total. The number of carbonyl (C=O) groups excluding carboxylic acids is 1. The van der Waals surface area contributed by atoms with Gasteiger partial charge < -0.3 is 10.1 Å². The summed E-state index contributed by atoms with van der Waals surface area (Å²) in [5, 5.41) is 5.18. The largest absolute Gasteiger partial charge is 0.497 e. The van der Waals surface area contributed by atoms with E-state index in [9.17, 15) is 4.79 Å². The number of thiophene rings is 1. The second kappa shape index (κ2) is 6.31. The van der Waals surface area contributed by atoms with E-state index in [-0.39, 0.29) is 11.9 Å². The fourth-order valence-corrected chi connectivity index (χ4v) is 3.59. The summed E-state index contributed by atoms with van der Waals surface area (Å²) in [7, 11) is 1.69. The molecule has 0 spiro atoms. The molecule has 0 unspecified atom stereocenters. The van der Waals surface area contributed by atoms with Gasteiger partial charge in [-0.3, -0.25) is 4.79 Å². The molecule has 1 amide bonds. The van der Waals surface area contributed by atoms with Gasteiger partial charge in [-0.15, -0.1) is 11.3 Å². The van der Waals surface area contributed by atoms with E-state index in [0.29, 0.717) is 6.42 Å². The van der Waals surface area contributed by atoms with Crippen molar-refractivity contribution in [3.05, 3.63) is 51.7 Å². The van der Waals surface area contributed by atoms with Crippen molar-refractivity contribution in [3.8, 4) is 5.75 Å². The van der Waals surface area contributed by atoms with E-state index in [1.807, 2.05) is 23.6 Å². The summed E-state index contributed by atoms with van der Waals surface area (Å²) in [6.07, 6.45) is 3.64. The van der Waals surface area contributed by atoms with E-state index in [4.69, 9.17) is 4.74 Å². The normalized spacial score (nSPS) is 17.1. The molecule has 1 atom stereocenters. The fourth-order valence-electron chi connectivity index (χ4n) is 2.88. The number of amides is 1. The minimum absolute atomic E-state index is 0.103. The third-order valence-corrected chi connectivity index (χ3v) is 4.79. The molecule has 1 aliphatic rings. The van der Waals surface area contributed by atoms with Crippen LogP contribution in [0.5, 0.6) is 5.75 Å². The van der Waals surface area contributed by atoms with E-state index in [1.165, 1.54) is 11.1 Å². The van der Waals surface area contributed by atoms with E-state index < -0.39 is 0 Å². The number of hydrogen-bond donors (Lipinski definition) is 1. The molecule has 110 valence electrons. The summed E-state index contributed by atoms with van der Waals surface area (Å²) in [4.78, 5) is 13.3. The van der Waals surface area contributed by atoms with Crippen molar-refractivity contribution >= 4 is 17.2 Å². The molecule has 1 heterocycles. The van der Waals surface area contributed by atoms with Crippen LogP contribution in [0, 0.1) is 0 Å². The first-order valence-corrected chi connectivity index (χ1v) is 8.13. The van der Waals surface area contributed by atoms with E-state index in [2.05, 4.69) is 17.4 Å². The van der Waals surface area contributed by atoms with Crippen LogP contribution in [0.1, 0.15) is 34.9 Å². The lowest BCUT2D eigenvalue weighted by Crippen LogP contribution is -2.31. The van der Waals surface area contributed by atoms with Crippen LogP contribution in [-0.2, 0) is 17.6 Å². The fraction of sp³-hybridized carbons (Fsp3) is 0.353. The van der Waals surface area contributed by atoms with Gasteiger partial charge >= 0.3 is 0 Å². The molecular formula is C17H19NO2S. The first-order chi connectivity index (χ1) is 10.3. The maximum atomic E-state index is 12.2. The molecule has 0 bridgehead atoms. The van der Waals surface area contributed by atoms with Crippen LogP contribution in [0.15, 0.2) is 35.7 Å². The highest BCUT2D eigenvalue weighted by atomic mass is 32.1. The van der Waals surface area contributed by atoms with Gasteiger partial charge in [0.05, 0.1) is 19.6 Å². The van der Waals surface area contributed by atoms with Crippen LogP contribution < -0.4 is 10.1 Å². The molecule has 2 aromatic rings. The zero-order valence-electron chi connectivity index (χ0n) is 12.1. The van der Waals surface area contributed by atoms with Gasteiger partial charge in [-0.2, -0.15) is 0 Å². The van der Waals surface area contributed by atoms with E-state index in [1.54, 1.807) is 18.4 Å². The Morgan fingerprint density at radius 3 is 3.10 bits per heavy atom. The average molecular weight is 301 g/mol. The van der Waals surface area contributed by atoms with Crippen LogP contribution in [0.3, 0.4) is 0 Å². The minimum Gasteiger partial charge on any atom is -0.497 e. The van der Waals surface area contributed by atoms with Gasteiger partial charge in [0.15, 0.2) is 0 Å². The Morgan fingerprint density at radius 1 is 1.43 bits per heavy atom. The van der Waals surface area contributed by atoms with Gasteiger partial charge in [0.25, 0.3) is 0 Å². The molecule has 4 heteroatoms. The Kier molecular flexibility index (Phi) is 4.25. The van der Waals surface area contributed by atoms with Crippen LogP contribution in [-0.4, -0.2) is 13.0 Å². The molecule has 1 N–H and O–H groups in total. The third-order valence-electron chi connectivity index (χ3n) is 3.91. The van der Waals surface area contributed by atoms with Gasteiger partial charge in [-0.25, -0.2) is 0 Å². The lowest BCUT2D eigenvalue weighted by atomic mass is 9.87. The lowest BCUT2D eigenvalue weighted by molar-refractivity contribution is -0.121. The number of aryl methyl sites for hydroxylation is 1. The summed E-state index contributed by atoms with van der Waals surface area (Å²) in [6.45, 7) is 0. The minimum atomic E-state index is 0.103. The summed E-state index contributed by atoms with van der Waals surface area (Å²) < 4.78 is 5.28. The van der Waals surface area contributed by atoms with Crippen molar-refractivity contribution in [2.75, 3.05) is 7.11 Å². The summed E-state index contributed by atoms with van der Waals surface area (Å²) in [5.41, 5.74) is 2.53. The third kappa shape index (κ3) is 3.27. The lowest BCUT2D eigenvalue weighted by Gasteiger charge is -2.26. The molecule has 1 aromatic carbocycles. The zero-order valence-corrected chi connectivity index (χ0v) is 12.9. The molecule has 0 fully saturated rings.